The van der Waals surface area contributed by atoms with Gasteiger partial charge < -0.3 is 9.64 Å². The second kappa shape index (κ2) is 10.2. The summed E-state index contributed by atoms with van der Waals surface area (Å²) in [4.78, 5) is 33.4. The molecule has 0 unspecified atom stereocenters. The molecule has 1 aliphatic rings. The van der Waals surface area contributed by atoms with Crippen molar-refractivity contribution in [1.29, 1.82) is 0 Å². The zero-order valence-corrected chi connectivity index (χ0v) is 21.0. The molecule has 5 rings (SSSR count). The van der Waals surface area contributed by atoms with Crippen LogP contribution in [0.15, 0.2) is 70.6 Å². The van der Waals surface area contributed by atoms with Crippen molar-refractivity contribution in [3.8, 4) is 5.69 Å². The minimum atomic E-state index is -0.301. The van der Waals surface area contributed by atoms with E-state index < -0.39 is 0 Å². The molecule has 1 amide bonds. The van der Waals surface area contributed by atoms with Crippen molar-refractivity contribution >= 4 is 28.6 Å². The van der Waals surface area contributed by atoms with Gasteiger partial charge in [0.25, 0.3) is 11.5 Å². The number of rotatable bonds is 5. The Balaban J connectivity index is 1.62. The zero-order chi connectivity index (χ0) is 25.2. The highest BCUT2D eigenvalue weighted by molar-refractivity contribution is 7.98. The van der Waals surface area contributed by atoms with Gasteiger partial charge in [0.05, 0.1) is 29.8 Å². The second-order valence-electron chi connectivity index (χ2n) is 8.90. The fourth-order valence-electron chi connectivity index (χ4n) is 4.41. The SMILES string of the molecule is Cc1cc(C)cc(-n2c(SCc3ccccc3F)nc3cc(C(=O)N4CCOCC4)ccc3c2=O)c1. The average Bonchev–Trinajstić information content (AvgIpc) is 2.87. The van der Waals surface area contributed by atoms with Crippen molar-refractivity contribution in [3.63, 3.8) is 0 Å². The summed E-state index contributed by atoms with van der Waals surface area (Å²) in [5, 5.41) is 0.861. The summed E-state index contributed by atoms with van der Waals surface area (Å²) < 4.78 is 21.3. The first kappa shape index (κ1) is 24.2. The van der Waals surface area contributed by atoms with Gasteiger partial charge in [0.1, 0.15) is 5.82 Å². The number of hydrogen-bond acceptors (Lipinski definition) is 5. The molecule has 8 heteroatoms. The molecule has 0 radical (unpaired) electrons. The number of fused-ring (bicyclic) bond motifs is 1. The van der Waals surface area contributed by atoms with E-state index in [0.717, 1.165) is 11.1 Å². The summed E-state index contributed by atoms with van der Waals surface area (Å²) >= 11 is 1.29. The van der Waals surface area contributed by atoms with Crippen LogP contribution < -0.4 is 5.56 Å². The number of amides is 1. The van der Waals surface area contributed by atoms with Gasteiger partial charge in [0.2, 0.25) is 0 Å². The van der Waals surface area contributed by atoms with Crippen LogP contribution in [0.1, 0.15) is 27.0 Å². The van der Waals surface area contributed by atoms with Crippen LogP contribution in [0.5, 0.6) is 0 Å². The van der Waals surface area contributed by atoms with Crippen LogP contribution in [-0.4, -0.2) is 46.7 Å². The van der Waals surface area contributed by atoms with E-state index in [1.165, 1.54) is 17.8 Å². The quantitative estimate of drug-likeness (QED) is 0.286. The molecule has 0 N–H and O–H groups in total. The molecule has 0 atom stereocenters. The predicted molar refractivity (Wildman–Crippen MR) is 139 cm³/mol. The Morgan fingerprint density at radius 3 is 2.47 bits per heavy atom. The standard InChI is InChI=1S/C28H26FN3O3S/c1-18-13-19(2)15-22(14-18)32-27(34)23-8-7-20(26(33)31-9-11-35-12-10-31)16-25(23)30-28(32)36-17-21-5-3-4-6-24(21)29/h3-8,13-16H,9-12,17H2,1-2H3. The van der Waals surface area contributed by atoms with Gasteiger partial charge in [-0.1, -0.05) is 36.0 Å². The van der Waals surface area contributed by atoms with E-state index >= 15 is 0 Å². The Morgan fingerprint density at radius 1 is 1.03 bits per heavy atom. The minimum absolute atomic E-state index is 0.110. The number of halogens is 1. The van der Waals surface area contributed by atoms with Gasteiger partial charge >= 0.3 is 0 Å². The summed E-state index contributed by atoms with van der Waals surface area (Å²) in [5.74, 6) is -0.104. The van der Waals surface area contributed by atoms with Crippen molar-refractivity contribution in [2.24, 2.45) is 0 Å². The Bertz CT molecular complexity index is 1490. The molecule has 1 saturated heterocycles. The minimum Gasteiger partial charge on any atom is -0.378 e. The molecule has 36 heavy (non-hydrogen) atoms. The third kappa shape index (κ3) is 4.92. The van der Waals surface area contributed by atoms with Crippen molar-refractivity contribution in [3.05, 3.63) is 99.1 Å². The van der Waals surface area contributed by atoms with Crippen LogP contribution in [0.4, 0.5) is 4.39 Å². The molecule has 1 aromatic heterocycles. The Kier molecular flexibility index (Phi) is 6.89. The van der Waals surface area contributed by atoms with Crippen LogP contribution in [0, 0.1) is 19.7 Å². The van der Waals surface area contributed by atoms with Crippen molar-refractivity contribution in [2.75, 3.05) is 26.3 Å². The molecular formula is C28H26FN3O3S. The van der Waals surface area contributed by atoms with Crippen LogP contribution >= 0.6 is 11.8 Å². The molecule has 3 aromatic carbocycles. The molecule has 1 aliphatic heterocycles. The number of benzene rings is 3. The number of aryl methyl sites for hydroxylation is 2. The summed E-state index contributed by atoms with van der Waals surface area (Å²) in [5.41, 5.74) is 3.96. The number of carbonyl (C=O) groups excluding carboxylic acids is 1. The molecule has 184 valence electrons. The smallest absolute Gasteiger partial charge is 0.266 e. The maximum Gasteiger partial charge on any atom is 0.266 e. The van der Waals surface area contributed by atoms with Gasteiger partial charge in [-0.3, -0.25) is 14.2 Å². The van der Waals surface area contributed by atoms with Gasteiger partial charge in [-0.05, 0) is 66.9 Å². The Labute approximate surface area is 212 Å². The molecule has 2 heterocycles. The summed E-state index contributed by atoms with van der Waals surface area (Å²) in [6, 6.07) is 17.5. The highest BCUT2D eigenvalue weighted by Gasteiger charge is 2.21. The van der Waals surface area contributed by atoms with Crippen molar-refractivity contribution in [2.45, 2.75) is 24.8 Å². The maximum atomic E-state index is 14.3. The van der Waals surface area contributed by atoms with E-state index in [1.807, 2.05) is 32.0 Å². The highest BCUT2D eigenvalue weighted by Crippen LogP contribution is 2.27. The average molecular weight is 504 g/mol. The number of thioether (sulfide) groups is 1. The Morgan fingerprint density at radius 2 is 1.75 bits per heavy atom. The zero-order valence-electron chi connectivity index (χ0n) is 20.2. The van der Waals surface area contributed by atoms with Gasteiger partial charge in [-0.15, -0.1) is 0 Å². The lowest BCUT2D eigenvalue weighted by Crippen LogP contribution is -2.40. The van der Waals surface area contributed by atoms with Crippen molar-refractivity contribution in [1.82, 2.24) is 14.5 Å². The van der Waals surface area contributed by atoms with Gasteiger partial charge in [-0.25, -0.2) is 9.37 Å². The summed E-state index contributed by atoms with van der Waals surface area (Å²) in [7, 11) is 0. The lowest BCUT2D eigenvalue weighted by molar-refractivity contribution is 0.0303. The van der Waals surface area contributed by atoms with Crippen LogP contribution in [-0.2, 0) is 10.5 Å². The summed E-state index contributed by atoms with van der Waals surface area (Å²) in [6.07, 6.45) is 0. The fourth-order valence-corrected chi connectivity index (χ4v) is 5.41. The summed E-state index contributed by atoms with van der Waals surface area (Å²) in [6.45, 7) is 6.03. The number of aromatic nitrogens is 2. The van der Waals surface area contributed by atoms with Crippen molar-refractivity contribution < 1.29 is 13.9 Å². The molecule has 4 aromatic rings. The highest BCUT2D eigenvalue weighted by atomic mass is 32.2. The molecule has 0 aliphatic carbocycles. The molecule has 6 nitrogen and oxygen atoms in total. The van der Waals surface area contributed by atoms with E-state index in [9.17, 15) is 14.0 Å². The second-order valence-corrected chi connectivity index (χ2v) is 9.84. The topological polar surface area (TPSA) is 64.4 Å². The molecule has 0 spiro atoms. The van der Waals surface area contributed by atoms with E-state index in [2.05, 4.69) is 0 Å². The third-order valence-corrected chi connectivity index (χ3v) is 7.15. The first-order chi connectivity index (χ1) is 17.4. The number of carbonyl (C=O) groups is 1. The molecule has 1 fully saturated rings. The Hall–Kier alpha value is -3.49. The lowest BCUT2D eigenvalue weighted by atomic mass is 10.1. The van der Waals surface area contributed by atoms with Crippen LogP contribution in [0.2, 0.25) is 0 Å². The first-order valence-corrected chi connectivity index (χ1v) is 12.8. The van der Waals surface area contributed by atoms with E-state index in [4.69, 9.17) is 9.72 Å². The lowest BCUT2D eigenvalue weighted by Gasteiger charge is -2.26. The third-order valence-electron chi connectivity index (χ3n) is 6.16. The largest absolute Gasteiger partial charge is 0.378 e. The predicted octanol–water partition coefficient (Wildman–Crippen LogP) is 4.91. The molecule has 0 bridgehead atoms. The van der Waals surface area contributed by atoms with Gasteiger partial charge in [0, 0.05) is 24.4 Å². The molecule has 0 saturated carbocycles. The number of hydrogen-bond donors (Lipinski definition) is 0. The maximum absolute atomic E-state index is 14.3. The van der Waals surface area contributed by atoms with E-state index in [-0.39, 0.29) is 17.3 Å². The van der Waals surface area contributed by atoms with Gasteiger partial charge in [-0.2, -0.15) is 0 Å². The number of morpholine rings is 1. The van der Waals surface area contributed by atoms with E-state index in [1.54, 1.807) is 45.9 Å². The normalized spacial score (nSPS) is 13.8. The van der Waals surface area contributed by atoms with Gasteiger partial charge in [0.15, 0.2) is 5.16 Å². The molecular weight excluding hydrogens is 477 g/mol. The monoisotopic (exact) mass is 503 g/mol. The number of ether oxygens (including phenoxy) is 1. The number of nitrogens with zero attached hydrogens (tertiary/aromatic N) is 3. The van der Waals surface area contributed by atoms with Crippen LogP contribution in [0.25, 0.3) is 16.6 Å². The van der Waals surface area contributed by atoms with E-state index in [0.29, 0.717) is 64.9 Å². The first-order valence-electron chi connectivity index (χ1n) is 11.8. The van der Waals surface area contributed by atoms with Crippen LogP contribution in [0.3, 0.4) is 0 Å². The fraction of sp³-hybridized carbons (Fsp3) is 0.250.